The third-order valence-electron chi connectivity index (χ3n) is 8.57. The van der Waals surface area contributed by atoms with Crippen LogP contribution in [0.3, 0.4) is 0 Å². The van der Waals surface area contributed by atoms with Gasteiger partial charge in [0, 0.05) is 25.3 Å². The minimum atomic E-state index is -1.69. The molecular formula is C27H46N2O6S. The van der Waals surface area contributed by atoms with E-state index in [9.17, 15) is 20.1 Å². The molecule has 0 aromatic heterocycles. The Morgan fingerprint density at radius 2 is 2.06 bits per heavy atom. The molecule has 206 valence electrons. The van der Waals surface area contributed by atoms with Crippen molar-refractivity contribution in [1.82, 2.24) is 10.6 Å². The van der Waals surface area contributed by atoms with Gasteiger partial charge in [0.2, 0.25) is 5.91 Å². The quantitative estimate of drug-likeness (QED) is 0.344. The molecular weight excluding hydrogens is 480 g/mol. The first kappa shape index (κ1) is 28.3. The number of ether oxygens (including phenoxy) is 2. The van der Waals surface area contributed by atoms with Gasteiger partial charge in [-0.25, -0.2) is 0 Å². The normalized spacial score (nSPS) is 43.9. The van der Waals surface area contributed by atoms with Crippen LogP contribution in [0.2, 0.25) is 0 Å². The van der Waals surface area contributed by atoms with Crippen molar-refractivity contribution in [3.05, 3.63) is 12.2 Å². The fourth-order valence-electron chi connectivity index (χ4n) is 6.51. The van der Waals surface area contributed by atoms with Crippen LogP contribution in [-0.4, -0.2) is 88.2 Å². The van der Waals surface area contributed by atoms with Crippen molar-refractivity contribution >= 4 is 17.7 Å². The van der Waals surface area contributed by atoms with Crippen molar-refractivity contribution in [3.8, 4) is 0 Å². The van der Waals surface area contributed by atoms with E-state index in [-0.39, 0.29) is 18.4 Å². The summed E-state index contributed by atoms with van der Waals surface area (Å²) >= 11 is 1.53. The van der Waals surface area contributed by atoms with Crippen molar-refractivity contribution < 1.29 is 29.6 Å². The number of rotatable bonds is 5. The fraction of sp³-hybridized carbons (Fsp3) is 0.889. The number of hydrogen-bond acceptors (Lipinski definition) is 8. The molecule has 0 aromatic carbocycles. The van der Waals surface area contributed by atoms with E-state index in [2.05, 4.69) is 36.6 Å². The predicted octanol–water partition coefficient (Wildman–Crippen LogP) is 1.82. The molecule has 3 unspecified atom stereocenters. The smallest absolute Gasteiger partial charge is 0.240 e. The van der Waals surface area contributed by atoms with E-state index in [0.29, 0.717) is 36.5 Å². The third kappa shape index (κ3) is 6.14. The Kier molecular flexibility index (Phi) is 9.13. The Labute approximate surface area is 220 Å². The highest BCUT2D eigenvalue weighted by molar-refractivity contribution is 7.99. The van der Waals surface area contributed by atoms with Gasteiger partial charge in [-0.2, -0.15) is 0 Å². The number of aliphatic hydroxyl groups is 3. The van der Waals surface area contributed by atoms with Crippen LogP contribution < -0.4 is 10.6 Å². The van der Waals surface area contributed by atoms with E-state index in [1.165, 1.54) is 18.2 Å². The van der Waals surface area contributed by atoms with Crippen LogP contribution in [0.4, 0.5) is 0 Å². The number of amides is 1. The molecule has 3 fully saturated rings. The van der Waals surface area contributed by atoms with Gasteiger partial charge in [0.1, 0.15) is 29.3 Å². The minimum Gasteiger partial charge on any atom is -0.393 e. The Balaban J connectivity index is 1.54. The SMILES string of the molecule is CC(C)C[C@@H]1CCO[C@@H]2[C@H](CN[C@@H]2C(=O)N[C@H]2[C@H]3OC(CC(O)(CO)C3O)SC/C=C/CC2(C)C)C1. The molecule has 4 aliphatic heterocycles. The summed E-state index contributed by atoms with van der Waals surface area (Å²) < 4.78 is 12.6. The summed E-state index contributed by atoms with van der Waals surface area (Å²) in [6, 6.07) is -1.05. The molecule has 4 aliphatic rings. The Hall–Kier alpha value is -0.680. The molecule has 0 aliphatic carbocycles. The fourth-order valence-corrected chi connectivity index (χ4v) is 7.59. The second-order valence-electron chi connectivity index (χ2n) is 12.4. The van der Waals surface area contributed by atoms with Crippen LogP contribution >= 0.6 is 11.8 Å². The van der Waals surface area contributed by atoms with E-state index >= 15 is 0 Å². The maximum absolute atomic E-state index is 13.8. The molecule has 3 saturated heterocycles. The second-order valence-corrected chi connectivity index (χ2v) is 13.6. The lowest BCUT2D eigenvalue weighted by atomic mass is 9.73. The molecule has 4 heterocycles. The minimum absolute atomic E-state index is 0.125. The van der Waals surface area contributed by atoms with E-state index in [1.807, 2.05) is 13.8 Å². The zero-order chi connectivity index (χ0) is 26.1. The summed E-state index contributed by atoms with van der Waals surface area (Å²) in [5.74, 6) is 2.10. The Bertz CT molecular complexity index is 794. The summed E-state index contributed by atoms with van der Waals surface area (Å²) in [6.45, 7) is 9.44. The van der Waals surface area contributed by atoms with Crippen LogP contribution in [0.15, 0.2) is 12.2 Å². The van der Waals surface area contributed by atoms with Gasteiger partial charge in [0.05, 0.1) is 18.8 Å². The Morgan fingerprint density at radius 1 is 1.28 bits per heavy atom. The topological polar surface area (TPSA) is 120 Å². The lowest BCUT2D eigenvalue weighted by molar-refractivity contribution is -0.223. The van der Waals surface area contributed by atoms with Crippen molar-refractivity contribution in [2.75, 3.05) is 25.5 Å². The van der Waals surface area contributed by atoms with E-state index < -0.39 is 47.4 Å². The summed E-state index contributed by atoms with van der Waals surface area (Å²) in [7, 11) is 0. The molecule has 9 heteroatoms. The van der Waals surface area contributed by atoms with Gasteiger partial charge in [-0.3, -0.25) is 4.79 Å². The number of carbonyl (C=O) groups is 1. The maximum Gasteiger partial charge on any atom is 0.240 e. The van der Waals surface area contributed by atoms with Gasteiger partial charge in [0.15, 0.2) is 0 Å². The number of allylic oxidation sites excluding steroid dienone is 1. The highest BCUT2D eigenvalue weighted by atomic mass is 32.2. The van der Waals surface area contributed by atoms with Gasteiger partial charge >= 0.3 is 0 Å². The van der Waals surface area contributed by atoms with Gasteiger partial charge in [-0.05, 0) is 48.9 Å². The first-order chi connectivity index (χ1) is 17.0. The molecule has 0 aromatic rings. The molecule has 1 amide bonds. The molecule has 9 atom stereocenters. The van der Waals surface area contributed by atoms with Gasteiger partial charge < -0.3 is 35.4 Å². The second kappa shape index (κ2) is 11.6. The summed E-state index contributed by atoms with van der Waals surface area (Å²) in [5, 5.41) is 38.8. The molecule has 0 spiro atoms. The van der Waals surface area contributed by atoms with Crippen molar-refractivity contribution in [2.45, 2.75) is 101 Å². The standard InChI is InChI=1S/C27H46N2O6S/c1-16(2)11-17-7-9-34-21-18(12-17)14-28-20(21)25(32)29-23-22-24(31)27(33,15-30)13-19(35-22)36-10-6-5-8-26(23,3)4/h5-6,16-24,28,30-31,33H,7-15H2,1-4H3,(H,29,32)/b6-5+/t17-,18-,19?,20-,21+,22+,23-,24?,27?/m0/s1. The molecule has 36 heavy (non-hydrogen) atoms. The van der Waals surface area contributed by atoms with Crippen LogP contribution in [0.25, 0.3) is 0 Å². The monoisotopic (exact) mass is 526 g/mol. The van der Waals surface area contributed by atoms with E-state index in [4.69, 9.17) is 9.47 Å². The zero-order valence-electron chi connectivity index (χ0n) is 22.2. The number of aliphatic hydroxyl groups excluding tert-OH is 2. The van der Waals surface area contributed by atoms with Crippen LogP contribution in [0.5, 0.6) is 0 Å². The average molecular weight is 527 g/mol. The first-order valence-corrected chi connectivity index (χ1v) is 14.7. The number of thioether (sulfide) groups is 1. The zero-order valence-corrected chi connectivity index (χ0v) is 23.0. The first-order valence-electron chi connectivity index (χ1n) is 13.6. The average Bonchev–Trinajstić information content (AvgIpc) is 3.10. The van der Waals surface area contributed by atoms with Crippen LogP contribution in [0.1, 0.15) is 59.8 Å². The van der Waals surface area contributed by atoms with Gasteiger partial charge in [0.25, 0.3) is 0 Å². The maximum atomic E-state index is 13.8. The summed E-state index contributed by atoms with van der Waals surface area (Å²) in [4.78, 5) is 13.8. The summed E-state index contributed by atoms with van der Waals surface area (Å²) in [5.41, 5.74) is -2.55. The van der Waals surface area contributed by atoms with Crippen LogP contribution in [0, 0.1) is 23.2 Å². The predicted molar refractivity (Wildman–Crippen MR) is 140 cm³/mol. The van der Waals surface area contributed by atoms with Crippen molar-refractivity contribution in [2.24, 2.45) is 23.2 Å². The lowest BCUT2D eigenvalue weighted by Crippen LogP contribution is -2.68. The molecule has 0 radical (unpaired) electrons. The molecule has 4 rings (SSSR count). The number of fused-ring (bicyclic) bond motifs is 3. The van der Waals surface area contributed by atoms with Crippen LogP contribution in [-0.2, 0) is 14.3 Å². The highest BCUT2D eigenvalue weighted by Gasteiger charge is 2.54. The third-order valence-corrected chi connectivity index (χ3v) is 9.61. The number of nitrogens with one attached hydrogen (secondary N) is 2. The van der Waals surface area contributed by atoms with Crippen molar-refractivity contribution in [1.29, 1.82) is 0 Å². The molecule has 8 nitrogen and oxygen atoms in total. The van der Waals surface area contributed by atoms with E-state index in [0.717, 1.165) is 19.4 Å². The molecule has 2 bridgehead atoms. The van der Waals surface area contributed by atoms with E-state index in [1.54, 1.807) is 0 Å². The lowest BCUT2D eigenvalue weighted by Gasteiger charge is -2.50. The number of carbonyl (C=O) groups excluding carboxylic acids is 1. The Morgan fingerprint density at radius 3 is 2.78 bits per heavy atom. The summed E-state index contributed by atoms with van der Waals surface area (Å²) in [6.07, 6.45) is 5.89. The van der Waals surface area contributed by atoms with Gasteiger partial charge in [-0.1, -0.05) is 39.8 Å². The highest BCUT2D eigenvalue weighted by Crippen LogP contribution is 2.41. The largest absolute Gasteiger partial charge is 0.393 e. The van der Waals surface area contributed by atoms with Crippen molar-refractivity contribution in [3.63, 3.8) is 0 Å². The molecule has 0 saturated carbocycles. The number of hydrogen-bond donors (Lipinski definition) is 5. The molecule has 5 N–H and O–H groups in total. The van der Waals surface area contributed by atoms with Gasteiger partial charge in [-0.15, -0.1) is 11.8 Å².